The number of carbonyl (C=O) groups excluding carboxylic acids is 1. The molecule has 0 saturated carbocycles. The van der Waals surface area contributed by atoms with Gasteiger partial charge in [0.1, 0.15) is 0 Å². The van der Waals surface area contributed by atoms with Gasteiger partial charge in [0.2, 0.25) is 5.91 Å². The van der Waals surface area contributed by atoms with Gasteiger partial charge in [-0.15, -0.1) is 0 Å². The van der Waals surface area contributed by atoms with E-state index in [0.29, 0.717) is 16.4 Å². The summed E-state index contributed by atoms with van der Waals surface area (Å²) in [5.74, 6) is -0.163. The summed E-state index contributed by atoms with van der Waals surface area (Å²) in [6.45, 7) is 1.42. The van der Waals surface area contributed by atoms with Gasteiger partial charge in [-0.1, -0.05) is 17.7 Å². The lowest BCUT2D eigenvalue weighted by atomic mass is 10.2. The summed E-state index contributed by atoms with van der Waals surface area (Å²) in [6, 6.07) is 5.09. The standard InChI is InChI=1S/C8H9ClN2O/c1-5(12)11-7-4-2-3-6(9)8(7)10/h2-4H,10H2,1H3,(H,11,12). The number of carbonyl (C=O) groups is 1. The zero-order chi connectivity index (χ0) is 9.14. The molecule has 3 nitrogen and oxygen atoms in total. The predicted molar refractivity (Wildman–Crippen MR) is 50.2 cm³/mol. The number of rotatable bonds is 1. The first-order chi connectivity index (χ1) is 5.61. The van der Waals surface area contributed by atoms with Crippen LogP contribution in [0.25, 0.3) is 0 Å². The van der Waals surface area contributed by atoms with Crippen molar-refractivity contribution in [2.75, 3.05) is 11.1 Å². The molecule has 0 saturated heterocycles. The Labute approximate surface area is 75.5 Å². The van der Waals surface area contributed by atoms with Crippen LogP contribution in [0.4, 0.5) is 11.4 Å². The minimum absolute atomic E-state index is 0.163. The Kier molecular flexibility index (Phi) is 2.55. The molecule has 3 N–H and O–H groups in total. The van der Waals surface area contributed by atoms with Gasteiger partial charge < -0.3 is 11.1 Å². The number of nitrogens with two attached hydrogens (primary N) is 1. The maximum Gasteiger partial charge on any atom is 0.221 e. The van der Waals surface area contributed by atoms with Crippen molar-refractivity contribution in [3.05, 3.63) is 23.2 Å². The van der Waals surface area contributed by atoms with Crippen molar-refractivity contribution in [1.29, 1.82) is 0 Å². The molecule has 64 valence electrons. The van der Waals surface area contributed by atoms with E-state index in [1.165, 1.54) is 6.92 Å². The predicted octanol–water partition coefficient (Wildman–Crippen LogP) is 1.88. The van der Waals surface area contributed by atoms with Crippen LogP contribution in [0.1, 0.15) is 6.92 Å². The molecule has 1 aromatic rings. The molecule has 0 fully saturated rings. The van der Waals surface area contributed by atoms with Crippen molar-refractivity contribution in [2.24, 2.45) is 0 Å². The van der Waals surface area contributed by atoms with E-state index in [1.807, 2.05) is 0 Å². The van der Waals surface area contributed by atoms with Gasteiger partial charge in [0, 0.05) is 6.92 Å². The second-order valence-electron chi connectivity index (χ2n) is 2.38. The van der Waals surface area contributed by atoms with E-state index in [0.717, 1.165) is 0 Å². The van der Waals surface area contributed by atoms with Crippen LogP contribution in [0.2, 0.25) is 5.02 Å². The Morgan fingerprint density at radius 2 is 2.25 bits per heavy atom. The SMILES string of the molecule is CC(=O)Nc1cccc(Cl)c1N. The Bertz CT molecular complexity index is 312. The molecule has 0 bridgehead atoms. The second-order valence-corrected chi connectivity index (χ2v) is 2.79. The van der Waals surface area contributed by atoms with Crippen LogP contribution in [0.5, 0.6) is 0 Å². The van der Waals surface area contributed by atoms with Gasteiger partial charge in [-0.2, -0.15) is 0 Å². The summed E-state index contributed by atoms with van der Waals surface area (Å²) < 4.78 is 0. The first-order valence-electron chi connectivity index (χ1n) is 3.43. The van der Waals surface area contributed by atoms with Crippen LogP contribution < -0.4 is 11.1 Å². The third-order valence-corrected chi connectivity index (χ3v) is 1.69. The summed E-state index contributed by atoms with van der Waals surface area (Å²) in [7, 11) is 0. The molecule has 0 aliphatic heterocycles. The van der Waals surface area contributed by atoms with Gasteiger partial charge in [0.05, 0.1) is 16.4 Å². The molecule has 0 aromatic heterocycles. The van der Waals surface area contributed by atoms with E-state index in [9.17, 15) is 4.79 Å². The van der Waals surface area contributed by atoms with Crippen molar-refractivity contribution < 1.29 is 4.79 Å². The molecule has 1 amide bonds. The van der Waals surface area contributed by atoms with Gasteiger partial charge in [0.15, 0.2) is 0 Å². The Morgan fingerprint density at radius 1 is 1.58 bits per heavy atom. The van der Waals surface area contributed by atoms with Gasteiger partial charge >= 0.3 is 0 Å². The number of halogens is 1. The van der Waals surface area contributed by atoms with E-state index in [4.69, 9.17) is 17.3 Å². The van der Waals surface area contributed by atoms with Gasteiger partial charge in [0.25, 0.3) is 0 Å². The molecule has 0 atom stereocenters. The molecular weight excluding hydrogens is 176 g/mol. The van der Waals surface area contributed by atoms with Crippen molar-refractivity contribution in [1.82, 2.24) is 0 Å². The monoisotopic (exact) mass is 184 g/mol. The molecule has 4 heteroatoms. The van der Waals surface area contributed by atoms with E-state index >= 15 is 0 Å². The van der Waals surface area contributed by atoms with E-state index in [2.05, 4.69) is 5.32 Å². The maximum atomic E-state index is 10.7. The third-order valence-electron chi connectivity index (χ3n) is 1.36. The number of hydrogen-bond donors (Lipinski definition) is 2. The Hall–Kier alpha value is -1.22. The number of anilines is 2. The van der Waals surface area contributed by atoms with E-state index in [-0.39, 0.29) is 5.91 Å². The molecule has 0 radical (unpaired) electrons. The third kappa shape index (κ3) is 1.89. The number of hydrogen-bond acceptors (Lipinski definition) is 2. The lowest BCUT2D eigenvalue weighted by molar-refractivity contribution is -0.114. The highest BCUT2D eigenvalue weighted by atomic mass is 35.5. The van der Waals surface area contributed by atoms with Crippen molar-refractivity contribution >= 4 is 28.9 Å². The van der Waals surface area contributed by atoms with E-state index < -0.39 is 0 Å². The van der Waals surface area contributed by atoms with Crippen molar-refractivity contribution in [3.8, 4) is 0 Å². The molecule has 0 heterocycles. The van der Waals surface area contributed by atoms with Crippen LogP contribution in [0, 0.1) is 0 Å². The quantitative estimate of drug-likeness (QED) is 0.655. The minimum atomic E-state index is -0.163. The first-order valence-corrected chi connectivity index (χ1v) is 3.80. The lowest BCUT2D eigenvalue weighted by Gasteiger charge is -2.06. The number of nitrogens with one attached hydrogen (secondary N) is 1. The number of nitrogen functional groups attached to an aromatic ring is 1. The maximum absolute atomic E-state index is 10.7. The summed E-state index contributed by atoms with van der Waals surface area (Å²) in [5.41, 5.74) is 6.53. The zero-order valence-corrected chi connectivity index (χ0v) is 7.35. The summed E-state index contributed by atoms with van der Waals surface area (Å²) in [6.07, 6.45) is 0. The van der Waals surface area contributed by atoms with Crippen LogP contribution in [0.15, 0.2) is 18.2 Å². The van der Waals surface area contributed by atoms with Crippen molar-refractivity contribution in [2.45, 2.75) is 6.92 Å². The van der Waals surface area contributed by atoms with Gasteiger partial charge in [-0.25, -0.2) is 0 Å². The number of benzene rings is 1. The number of para-hydroxylation sites is 1. The highest BCUT2D eigenvalue weighted by molar-refractivity contribution is 6.33. The molecule has 0 unspecified atom stereocenters. The average molecular weight is 185 g/mol. The minimum Gasteiger partial charge on any atom is -0.396 e. The molecule has 0 aliphatic carbocycles. The fourth-order valence-electron chi connectivity index (χ4n) is 0.836. The molecule has 0 spiro atoms. The lowest BCUT2D eigenvalue weighted by Crippen LogP contribution is -2.07. The van der Waals surface area contributed by atoms with Crippen LogP contribution in [0.3, 0.4) is 0 Å². The Morgan fingerprint density at radius 3 is 2.83 bits per heavy atom. The summed E-state index contributed by atoms with van der Waals surface area (Å²) >= 11 is 5.72. The Balaban J connectivity index is 3.00. The van der Waals surface area contributed by atoms with E-state index in [1.54, 1.807) is 18.2 Å². The molecule has 12 heavy (non-hydrogen) atoms. The van der Waals surface area contributed by atoms with Crippen LogP contribution >= 0.6 is 11.6 Å². The molecule has 1 aromatic carbocycles. The fraction of sp³-hybridized carbons (Fsp3) is 0.125. The van der Waals surface area contributed by atoms with Crippen LogP contribution in [-0.4, -0.2) is 5.91 Å². The normalized spacial score (nSPS) is 9.50. The second kappa shape index (κ2) is 3.45. The largest absolute Gasteiger partial charge is 0.396 e. The molecule has 1 rings (SSSR count). The zero-order valence-electron chi connectivity index (χ0n) is 6.60. The number of amides is 1. The first kappa shape index (κ1) is 8.87. The smallest absolute Gasteiger partial charge is 0.221 e. The molecule has 0 aliphatic rings. The molecular formula is C8H9ClN2O. The summed E-state index contributed by atoms with van der Waals surface area (Å²) in [4.78, 5) is 10.7. The van der Waals surface area contributed by atoms with Crippen LogP contribution in [-0.2, 0) is 4.79 Å². The summed E-state index contributed by atoms with van der Waals surface area (Å²) in [5, 5.41) is 3.01. The van der Waals surface area contributed by atoms with Gasteiger partial charge in [-0.3, -0.25) is 4.79 Å². The van der Waals surface area contributed by atoms with Crippen molar-refractivity contribution in [3.63, 3.8) is 0 Å². The fourth-order valence-corrected chi connectivity index (χ4v) is 1.01. The van der Waals surface area contributed by atoms with Gasteiger partial charge in [-0.05, 0) is 12.1 Å². The topological polar surface area (TPSA) is 55.1 Å². The highest BCUT2D eigenvalue weighted by Crippen LogP contribution is 2.26. The highest BCUT2D eigenvalue weighted by Gasteiger charge is 2.02. The average Bonchev–Trinajstić information content (AvgIpc) is 1.98.